The highest BCUT2D eigenvalue weighted by Gasteiger charge is 2.36. The maximum absolute atomic E-state index is 14.3. The molecule has 1 N–H and O–H groups in total. The van der Waals surface area contributed by atoms with Crippen LogP contribution in [0, 0.1) is 11.8 Å². The van der Waals surface area contributed by atoms with Crippen molar-refractivity contribution in [1.82, 2.24) is 14.8 Å². The lowest BCUT2D eigenvalue weighted by molar-refractivity contribution is -0.0232. The topological polar surface area (TPSA) is 68.0 Å². The molecule has 0 fully saturated rings. The Labute approximate surface area is 179 Å². The quantitative estimate of drug-likeness (QED) is 0.509. The molecule has 0 saturated heterocycles. The minimum absolute atomic E-state index is 0.186. The first kappa shape index (κ1) is 22.2. The van der Waals surface area contributed by atoms with E-state index in [1.54, 1.807) is 38.1 Å². The molecule has 1 heterocycles. The van der Waals surface area contributed by atoms with Crippen molar-refractivity contribution in [2.75, 3.05) is 0 Å². The monoisotopic (exact) mass is 423 g/mol. The molecule has 0 aliphatic heterocycles. The van der Waals surface area contributed by atoms with E-state index in [0.29, 0.717) is 24.2 Å². The van der Waals surface area contributed by atoms with E-state index in [1.165, 1.54) is 4.68 Å². The molecule has 31 heavy (non-hydrogen) atoms. The molecule has 3 rings (SSSR count). The highest BCUT2D eigenvalue weighted by atomic mass is 19.3. The molecule has 3 aromatic rings. The van der Waals surface area contributed by atoms with E-state index in [-0.39, 0.29) is 18.5 Å². The molecule has 7 heteroatoms. The van der Waals surface area contributed by atoms with E-state index in [9.17, 15) is 18.7 Å². The Bertz CT molecular complexity index is 1130. The van der Waals surface area contributed by atoms with Gasteiger partial charge >= 0.3 is 11.9 Å². The summed E-state index contributed by atoms with van der Waals surface area (Å²) in [5.41, 5.74) is 2.44. The zero-order valence-electron chi connectivity index (χ0n) is 17.4. The fourth-order valence-electron chi connectivity index (χ4n) is 3.27. The van der Waals surface area contributed by atoms with Gasteiger partial charge in [-0.05, 0) is 36.1 Å². The smallest absolute Gasteiger partial charge is 0.336 e. The summed E-state index contributed by atoms with van der Waals surface area (Å²) in [7, 11) is 0. The second-order valence-corrected chi connectivity index (χ2v) is 7.11. The number of alkyl halides is 2. The molecule has 0 spiro atoms. The van der Waals surface area contributed by atoms with Gasteiger partial charge in [-0.2, -0.15) is 8.78 Å². The summed E-state index contributed by atoms with van der Waals surface area (Å²) in [5.74, 6) is 1.44. The van der Waals surface area contributed by atoms with Crippen molar-refractivity contribution in [1.29, 1.82) is 0 Å². The van der Waals surface area contributed by atoms with Gasteiger partial charge in [0.05, 0.1) is 5.56 Å². The van der Waals surface area contributed by atoms with Gasteiger partial charge in [-0.1, -0.05) is 55.3 Å². The molecule has 0 unspecified atom stereocenters. The number of halogens is 2. The molecular formula is C24H23F2N3O2. The number of rotatable bonds is 8. The fourth-order valence-corrected chi connectivity index (χ4v) is 3.27. The Morgan fingerprint density at radius 2 is 1.87 bits per heavy atom. The third-order valence-electron chi connectivity index (χ3n) is 4.83. The number of hydrogen-bond donors (Lipinski definition) is 1. The van der Waals surface area contributed by atoms with E-state index in [0.717, 1.165) is 11.1 Å². The molecule has 0 aliphatic carbocycles. The number of carboxylic acids is 1. The molecule has 0 aliphatic rings. The third kappa shape index (κ3) is 5.15. The minimum Gasteiger partial charge on any atom is -0.478 e. The lowest BCUT2D eigenvalue weighted by atomic mass is 9.98. The summed E-state index contributed by atoms with van der Waals surface area (Å²) in [5, 5.41) is 13.4. The minimum atomic E-state index is -3.08. The van der Waals surface area contributed by atoms with Crippen molar-refractivity contribution >= 4 is 5.97 Å². The summed E-state index contributed by atoms with van der Waals surface area (Å²) < 4.78 is 30.1. The van der Waals surface area contributed by atoms with Gasteiger partial charge in [0, 0.05) is 12.8 Å². The van der Waals surface area contributed by atoms with Crippen LogP contribution in [-0.2, 0) is 18.9 Å². The van der Waals surface area contributed by atoms with Crippen molar-refractivity contribution in [2.24, 2.45) is 0 Å². The first-order valence-electron chi connectivity index (χ1n) is 9.99. The molecule has 2 aromatic carbocycles. The molecule has 160 valence electrons. The predicted octanol–water partition coefficient (Wildman–Crippen LogP) is 5.15. The van der Waals surface area contributed by atoms with Gasteiger partial charge in [0.1, 0.15) is 12.4 Å². The highest BCUT2D eigenvalue weighted by molar-refractivity contribution is 5.95. The molecule has 0 amide bonds. The van der Waals surface area contributed by atoms with Gasteiger partial charge < -0.3 is 5.11 Å². The number of aromatic carboxylic acids is 1. The second-order valence-electron chi connectivity index (χ2n) is 7.11. The third-order valence-corrected chi connectivity index (χ3v) is 4.83. The summed E-state index contributed by atoms with van der Waals surface area (Å²) in [6.07, 6.45) is 0.319. The van der Waals surface area contributed by atoms with Crippen LogP contribution in [-0.4, -0.2) is 25.8 Å². The number of nitrogens with zero attached hydrogens (tertiary/aromatic N) is 3. The highest BCUT2D eigenvalue weighted by Crippen LogP contribution is 2.31. The molecule has 0 atom stereocenters. The van der Waals surface area contributed by atoms with Crippen LogP contribution in [0.25, 0.3) is 11.1 Å². The number of carboxylic acid groups (broad SMARTS) is 1. The number of carbonyl (C=O) groups is 1. The van der Waals surface area contributed by atoms with Crippen LogP contribution >= 0.6 is 0 Å². The lowest BCUT2D eigenvalue weighted by Crippen LogP contribution is -2.15. The van der Waals surface area contributed by atoms with Crippen LogP contribution in [0.2, 0.25) is 0 Å². The van der Waals surface area contributed by atoms with Crippen LogP contribution in [0.4, 0.5) is 8.78 Å². The Balaban J connectivity index is 1.89. The van der Waals surface area contributed by atoms with E-state index in [2.05, 4.69) is 21.9 Å². The first-order chi connectivity index (χ1) is 14.9. The largest absolute Gasteiger partial charge is 0.478 e. The average molecular weight is 423 g/mol. The maximum Gasteiger partial charge on any atom is 0.336 e. The van der Waals surface area contributed by atoms with E-state index >= 15 is 0 Å². The van der Waals surface area contributed by atoms with Crippen LogP contribution < -0.4 is 0 Å². The SMILES string of the molecule is CC#CCn1nc(C(F)(F)CCC)nc1Cc1ccc(-c2ccccc2C(=O)O)cc1. The number of benzene rings is 2. The standard InChI is InChI=1S/C24H23F2N3O2/c1-3-5-15-29-21(27-23(28-29)24(25,26)14-4-2)16-17-10-12-18(13-11-17)19-8-6-7-9-20(19)22(30)31/h6-13H,4,14-16H2,1-2H3,(H,30,31). The molecule has 1 aromatic heterocycles. The second kappa shape index (κ2) is 9.52. The Morgan fingerprint density at radius 1 is 1.16 bits per heavy atom. The summed E-state index contributed by atoms with van der Waals surface area (Å²) in [6, 6.07) is 14.1. The molecule has 0 radical (unpaired) electrons. The maximum atomic E-state index is 14.3. The molecule has 0 saturated carbocycles. The van der Waals surface area contributed by atoms with Gasteiger partial charge in [0.2, 0.25) is 5.82 Å². The van der Waals surface area contributed by atoms with E-state index < -0.39 is 17.7 Å². The zero-order chi connectivity index (χ0) is 22.4. The van der Waals surface area contributed by atoms with Gasteiger partial charge in [0.15, 0.2) is 0 Å². The van der Waals surface area contributed by atoms with Crippen molar-refractivity contribution in [3.63, 3.8) is 0 Å². The Kier molecular flexibility index (Phi) is 6.81. The Hall–Kier alpha value is -3.53. The van der Waals surface area contributed by atoms with E-state index in [1.807, 2.05) is 24.3 Å². The summed E-state index contributed by atoms with van der Waals surface area (Å²) >= 11 is 0. The van der Waals surface area contributed by atoms with Gasteiger partial charge in [-0.25, -0.2) is 14.5 Å². The fraction of sp³-hybridized carbons (Fsp3) is 0.292. The van der Waals surface area contributed by atoms with Crippen molar-refractivity contribution in [3.8, 4) is 23.0 Å². The summed E-state index contributed by atoms with van der Waals surface area (Å²) in [4.78, 5) is 15.6. The van der Waals surface area contributed by atoms with E-state index in [4.69, 9.17) is 0 Å². The van der Waals surface area contributed by atoms with Crippen molar-refractivity contribution < 1.29 is 18.7 Å². The van der Waals surface area contributed by atoms with Crippen molar-refractivity contribution in [3.05, 3.63) is 71.3 Å². The van der Waals surface area contributed by atoms with Crippen LogP contribution in [0.5, 0.6) is 0 Å². The van der Waals surface area contributed by atoms with Gasteiger partial charge in [-0.3, -0.25) is 0 Å². The normalized spacial score (nSPS) is 11.1. The Morgan fingerprint density at radius 3 is 2.52 bits per heavy atom. The van der Waals surface area contributed by atoms with Crippen LogP contribution in [0.15, 0.2) is 48.5 Å². The first-order valence-corrected chi connectivity index (χ1v) is 9.99. The predicted molar refractivity (Wildman–Crippen MR) is 114 cm³/mol. The molecular weight excluding hydrogens is 400 g/mol. The molecule has 0 bridgehead atoms. The average Bonchev–Trinajstić information content (AvgIpc) is 3.16. The van der Waals surface area contributed by atoms with Gasteiger partial charge in [0.25, 0.3) is 0 Å². The molecule has 5 nitrogen and oxygen atoms in total. The van der Waals surface area contributed by atoms with Crippen LogP contribution in [0.1, 0.15) is 54.3 Å². The zero-order valence-corrected chi connectivity index (χ0v) is 17.4. The number of aromatic nitrogens is 3. The lowest BCUT2D eigenvalue weighted by Gasteiger charge is -2.10. The van der Waals surface area contributed by atoms with Crippen molar-refractivity contribution in [2.45, 2.75) is 45.6 Å². The van der Waals surface area contributed by atoms with Crippen LogP contribution in [0.3, 0.4) is 0 Å². The number of hydrogen-bond acceptors (Lipinski definition) is 3. The summed E-state index contributed by atoms with van der Waals surface area (Å²) in [6.45, 7) is 3.56. The van der Waals surface area contributed by atoms with Gasteiger partial charge in [-0.15, -0.1) is 11.0 Å².